The van der Waals surface area contributed by atoms with E-state index < -0.39 is 0 Å². The van der Waals surface area contributed by atoms with Crippen molar-refractivity contribution >= 4 is 54.3 Å². The Hall–Kier alpha value is -5.40. The lowest BCUT2D eigenvalue weighted by molar-refractivity contribution is 0.669. The third kappa shape index (κ3) is 3.18. The molecule has 0 amide bonds. The maximum Gasteiger partial charge on any atom is 0.136 e. The Bertz CT molecular complexity index is 2340. The van der Waals surface area contributed by atoms with E-state index in [-0.39, 0.29) is 0 Å². The number of furan rings is 1. The van der Waals surface area contributed by atoms with Crippen LogP contribution in [0.25, 0.3) is 87.6 Å². The fourth-order valence-electron chi connectivity index (χ4n) is 6.94. The highest BCUT2D eigenvalue weighted by Crippen LogP contribution is 2.49. The maximum absolute atomic E-state index is 6.45. The van der Waals surface area contributed by atoms with Gasteiger partial charge in [-0.1, -0.05) is 127 Å². The first kappa shape index (κ1) is 22.4. The molecule has 41 heavy (non-hydrogen) atoms. The van der Waals surface area contributed by atoms with Gasteiger partial charge in [-0.05, 0) is 83.9 Å². The largest absolute Gasteiger partial charge is 0.456 e. The summed E-state index contributed by atoms with van der Waals surface area (Å²) < 4.78 is 6.45. The van der Waals surface area contributed by atoms with E-state index in [1.165, 1.54) is 76.5 Å². The second-order valence-electron chi connectivity index (χ2n) is 10.8. The first-order chi connectivity index (χ1) is 20.4. The first-order valence-electron chi connectivity index (χ1n) is 14.1. The molecule has 0 radical (unpaired) electrons. The van der Waals surface area contributed by atoms with E-state index in [4.69, 9.17) is 4.42 Å². The summed E-state index contributed by atoms with van der Waals surface area (Å²) in [5.41, 5.74) is 9.33. The number of benzene rings is 8. The molecule has 0 fully saturated rings. The van der Waals surface area contributed by atoms with Gasteiger partial charge in [-0.3, -0.25) is 0 Å². The number of hydrogen-bond donors (Lipinski definition) is 0. The minimum Gasteiger partial charge on any atom is -0.456 e. The van der Waals surface area contributed by atoms with Gasteiger partial charge in [-0.25, -0.2) is 0 Å². The van der Waals surface area contributed by atoms with Crippen LogP contribution in [0.4, 0.5) is 0 Å². The summed E-state index contributed by atoms with van der Waals surface area (Å²) in [6.45, 7) is 0. The van der Waals surface area contributed by atoms with Crippen LogP contribution in [0.1, 0.15) is 0 Å². The standard InChI is InChI=1S/C40H24O/c1-3-12-25(13-4-1)27-22-23-36-40-33(27)24-34(32-20-11-21-35(41-36)39(32)40)38-30-18-9-7-16-28(30)37(26-14-5-2-6-15-26)29-17-8-10-19-31(29)38/h1-24H. The molecule has 0 aliphatic heterocycles. The molecule has 0 atom stereocenters. The zero-order chi connectivity index (χ0) is 26.9. The summed E-state index contributed by atoms with van der Waals surface area (Å²) >= 11 is 0. The van der Waals surface area contributed by atoms with Crippen LogP contribution in [0.5, 0.6) is 0 Å². The summed E-state index contributed by atoms with van der Waals surface area (Å²) in [5, 5.41) is 9.90. The van der Waals surface area contributed by atoms with Crippen molar-refractivity contribution in [2.75, 3.05) is 0 Å². The molecule has 0 saturated heterocycles. The highest BCUT2D eigenvalue weighted by Gasteiger charge is 2.22. The van der Waals surface area contributed by atoms with E-state index >= 15 is 0 Å². The number of fused-ring (bicyclic) bond motifs is 2. The van der Waals surface area contributed by atoms with Crippen LogP contribution < -0.4 is 0 Å². The molecule has 0 spiro atoms. The Morgan fingerprint density at radius 1 is 0.317 bits per heavy atom. The van der Waals surface area contributed by atoms with Crippen molar-refractivity contribution < 1.29 is 4.42 Å². The van der Waals surface area contributed by atoms with E-state index in [0.29, 0.717) is 0 Å². The van der Waals surface area contributed by atoms with Gasteiger partial charge in [-0.2, -0.15) is 0 Å². The molecule has 9 rings (SSSR count). The molecule has 0 aliphatic carbocycles. The summed E-state index contributed by atoms with van der Waals surface area (Å²) in [4.78, 5) is 0. The van der Waals surface area contributed by atoms with Crippen molar-refractivity contribution in [2.45, 2.75) is 0 Å². The minimum atomic E-state index is 0.934. The average Bonchev–Trinajstić information content (AvgIpc) is 3.43. The van der Waals surface area contributed by atoms with Gasteiger partial charge in [0.25, 0.3) is 0 Å². The van der Waals surface area contributed by atoms with E-state index in [1.807, 2.05) is 0 Å². The molecule has 1 nitrogen and oxygen atoms in total. The molecule has 0 unspecified atom stereocenters. The second-order valence-corrected chi connectivity index (χ2v) is 10.8. The van der Waals surface area contributed by atoms with Crippen molar-refractivity contribution in [3.8, 4) is 33.4 Å². The molecule has 9 aromatic rings. The molecule has 0 N–H and O–H groups in total. The van der Waals surface area contributed by atoms with E-state index in [2.05, 4.69) is 146 Å². The predicted octanol–water partition coefficient (Wildman–Crippen LogP) is 11.5. The lowest BCUT2D eigenvalue weighted by atomic mass is 9.83. The van der Waals surface area contributed by atoms with Crippen LogP contribution in [-0.2, 0) is 0 Å². The summed E-state index contributed by atoms with van der Waals surface area (Å²) in [7, 11) is 0. The number of hydrogen-bond acceptors (Lipinski definition) is 1. The maximum atomic E-state index is 6.45. The first-order valence-corrected chi connectivity index (χ1v) is 14.1. The van der Waals surface area contributed by atoms with Crippen molar-refractivity contribution in [1.82, 2.24) is 0 Å². The molecule has 8 aromatic carbocycles. The Kier molecular flexibility index (Phi) is 4.67. The third-order valence-corrected chi connectivity index (χ3v) is 8.63. The lowest BCUT2D eigenvalue weighted by Crippen LogP contribution is -1.92. The molecule has 1 aromatic heterocycles. The summed E-state index contributed by atoms with van der Waals surface area (Å²) in [5.74, 6) is 0. The normalized spacial score (nSPS) is 11.9. The molecule has 190 valence electrons. The molecular formula is C40H24O. The Balaban J connectivity index is 1.50. The summed E-state index contributed by atoms with van der Waals surface area (Å²) in [6.07, 6.45) is 0. The van der Waals surface area contributed by atoms with Crippen LogP contribution in [0, 0.1) is 0 Å². The fraction of sp³-hybridized carbons (Fsp3) is 0. The average molecular weight is 521 g/mol. The van der Waals surface area contributed by atoms with Gasteiger partial charge in [0.15, 0.2) is 0 Å². The van der Waals surface area contributed by atoms with Gasteiger partial charge in [0, 0.05) is 10.8 Å². The van der Waals surface area contributed by atoms with E-state index in [0.717, 1.165) is 11.2 Å². The molecular weight excluding hydrogens is 496 g/mol. The fourth-order valence-corrected chi connectivity index (χ4v) is 6.94. The Morgan fingerprint density at radius 2 is 0.829 bits per heavy atom. The van der Waals surface area contributed by atoms with Crippen LogP contribution in [0.2, 0.25) is 0 Å². The SMILES string of the molecule is c1ccc(-c2c3ccccc3c(-c3cc4c(-c5ccccc5)ccc5oc6cccc3c6c54)c3ccccc23)cc1. The third-order valence-electron chi connectivity index (χ3n) is 8.63. The highest BCUT2D eigenvalue weighted by molar-refractivity contribution is 6.31. The molecule has 0 aliphatic rings. The van der Waals surface area contributed by atoms with E-state index in [1.54, 1.807) is 0 Å². The van der Waals surface area contributed by atoms with Crippen molar-refractivity contribution in [2.24, 2.45) is 0 Å². The van der Waals surface area contributed by atoms with Crippen LogP contribution in [-0.4, -0.2) is 0 Å². The predicted molar refractivity (Wildman–Crippen MR) is 174 cm³/mol. The van der Waals surface area contributed by atoms with Crippen molar-refractivity contribution in [3.05, 3.63) is 146 Å². The van der Waals surface area contributed by atoms with Gasteiger partial charge in [-0.15, -0.1) is 0 Å². The molecule has 0 bridgehead atoms. The smallest absolute Gasteiger partial charge is 0.136 e. The van der Waals surface area contributed by atoms with Crippen molar-refractivity contribution in [1.29, 1.82) is 0 Å². The van der Waals surface area contributed by atoms with E-state index in [9.17, 15) is 0 Å². The van der Waals surface area contributed by atoms with Gasteiger partial charge in [0.2, 0.25) is 0 Å². The van der Waals surface area contributed by atoms with Gasteiger partial charge >= 0.3 is 0 Å². The monoisotopic (exact) mass is 520 g/mol. The Morgan fingerprint density at radius 3 is 1.49 bits per heavy atom. The van der Waals surface area contributed by atoms with Gasteiger partial charge in [0.1, 0.15) is 11.2 Å². The topological polar surface area (TPSA) is 13.1 Å². The van der Waals surface area contributed by atoms with Crippen molar-refractivity contribution in [3.63, 3.8) is 0 Å². The summed E-state index contributed by atoms with van der Waals surface area (Å²) in [6, 6.07) is 52.5. The number of rotatable bonds is 3. The Labute approximate surface area is 237 Å². The van der Waals surface area contributed by atoms with Gasteiger partial charge < -0.3 is 4.42 Å². The highest BCUT2D eigenvalue weighted by atomic mass is 16.3. The lowest BCUT2D eigenvalue weighted by Gasteiger charge is -2.19. The molecule has 1 heteroatoms. The van der Waals surface area contributed by atoms with Crippen LogP contribution in [0.15, 0.2) is 150 Å². The van der Waals surface area contributed by atoms with Crippen LogP contribution in [0.3, 0.4) is 0 Å². The molecule has 0 saturated carbocycles. The minimum absolute atomic E-state index is 0.934. The molecule has 1 heterocycles. The quantitative estimate of drug-likeness (QED) is 0.167. The second kappa shape index (κ2) is 8.55. The van der Waals surface area contributed by atoms with Gasteiger partial charge in [0.05, 0.1) is 0 Å². The zero-order valence-corrected chi connectivity index (χ0v) is 22.3. The zero-order valence-electron chi connectivity index (χ0n) is 22.3. The van der Waals surface area contributed by atoms with Crippen LogP contribution >= 0.6 is 0 Å².